The fourth-order valence-electron chi connectivity index (χ4n) is 0.207. The van der Waals surface area contributed by atoms with Gasteiger partial charge in [0.1, 0.15) is 0 Å². The Morgan fingerprint density at radius 3 is 2.86 bits per heavy atom. The summed E-state index contributed by atoms with van der Waals surface area (Å²) in [5.41, 5.74) is 0. The van der Waals surface area contributed by atoms with Crippen molar-refractivity contribution < 1.29 is 4.74 Å². The van der Waals surface area contributed by atoms with Crippen molar-refractivity contribution in [3.8, 4) is 0 Å². The van der Waals surface area contributed by atoms with E-state index in [1.54, 1.807) is 0 Å². The molecule has 0 aromatic heterocycles. The molecule has 0 aliphatic heterocycles. The highest BCUT2D eigenvalue weighted by Gasteiger charge is 1.77. The SMILES string of the molecule is N=COCCCS. The molecule has 0 aromatic rings. The lowest BCUT2D eigenvalue weighted by Crippen LogP contribution is -1.90. The average Bonchev–Trinajstić information content (AvgIpc) is 1.69. The molecule has 0 spiro atoms. The fraction of sp³-hybridized carbons (Fsp3) is 0.750. The first-order valence-electron chi connectivity index (χ1n) is 2.13. The quantitative estimate of drug-likeness (QED) is 0.245. The summed E-state index contributed by atoms with van der Waals surface area (Å²) in [6, 6.07) is 0. The molecule has 0 fully saturated rings. The highest BCUT2D eigenvalue weighted by Crippen LogP contribution is 1.81. The lowest BCUT2D eigenvalue weighted by atomic mass is 10.5. The van der Waals surface area contributed by atoms with Gasteiger partial charge >= 0.3 is 0 Å². The predicted octanol–water partition coefficient (Wildman–Crippen LogP) is 0.930. The van der Waals surface area contributed by atoms with Gasteiger partial charge in [0.05, 0.1) is 6.61 Å². The van der Waals surface area contributed by atoms with Crippen LogP contribution in [0.25, 0.3) is 0 Å². The zero-order chi connectivity index (χ0) is 5.54. The maximum Gasteiger partial charge on any atom is 0.166 e. The standard InChI is InChI=1S/C4H9NOS/c5-4-6-2-1-3-7/h4-5,7H,1-3H2. The molecule has 0 amide bonds. The van der Waals surface area contributed by atoms with Crippen molar-refractivity contribution in [3.05, 3.63) is 0 Å². The number of nitrogens with one attached hydrogen (secondary N) is 1. The van der Waals surface area contributed by atoms with E-state index in [-0.39, 0.29) is 0 Å². The van der Waals surface area contributed by atoms with E-state index in [0.29, 0.717) is 6.61 Å². The van der Waals surface area contributed by atoms with E-state index in [4.69, 9.17) is 5.41 Å². The first-order valence-corrected chi connectivity index (χ1v) is 2.76. The Bertz CT molecular complexity index is 49.0. The van der Waals surface area contributed by atoms with E-state index in [1.165, 1.54) is 0 Å². The van der Waals surface area contributed by atoms with Crippen LogP contribution in [0.4, 0.5) is 0 Å². The molecule has 1 N–H and O–H groups in total. The molecular formula is C4H9NOS. The van der Waals surface area contributed by atoms with Crippen molar-refractivity contribution in [2.45, 2.75) is 6.42 Å². The molecular weight excluding hydrogens is 110 g/mol. The van der Waals surface area contributed by atoms with Gasteiger partial charge in [0, 0.05) is 0 Å². The van der Waals surface area contributed by atoms with Gasteiger partial charge in [-0.3, -0.25) is 5.41 Å². The van der Waals surface area contributed by atoms with Crippen molar-refractivity contribution in [1.29, 1.82) is 5.41 Å². The van der Waals surface area contributed by atoms with Crippen LogP contribution in [-0.2, 0) is 4.74 Å². The number of thiol groups is 1. The lowest BCUT2D eigenvalue weighted by molar-refractivity contribution is 0.319. The maximum atomic E-state index is 6.41. The van der Waals surface area contributed by atoms with Gasteiger partial charge < -0.3 is 4.74 Å². The molecule has 0 saturated heterocycles. The minimum absolute atomic E-state index is 0.618. The third-order valence-electron chi connectivity index (χ3n) is 0.504. The molecule has 0 rings (SSSR count). The van der Waals surface area contributed by atoms with Crippen LogP contribution in [0.1, 0.15) is 6.42 Å². The van der Waals surface area contributed by atoms with Crippen molar-refractivity contribution in [2.24, 2.45) is 0 Å². The molecule has 0 saturated carbocycles. The van der Waals surface area contributed by atoms with Gasteiger partial charge in [-0.1, -0.05) is 0 Å². The van der Waals surface area contributed by atoms with Gasteiger partial charge in [0.2, 0.25) is 0 Å². The van der Waals surface area contributed by atoms with Crippen LogP contribution in [0.15, 0.2) is 0 Å². The Morgan fingerprint density at radius 1 is 1.71 bits per heavy atom. The second-order valence-electron chi connectivity index (χ2n) is 1.07. The van der Waals surface area contributed by atoms with E-state index in [0.717, 1.165) is 18.6 Å². The number of rotatable bonds is 4. The second kappa shape index (κ2) is 5.82. The highest BCUT2D eigenvalue weighted by atomic mass is 32.1. The molecule has 0 bridgehead atoms. The average molecular weight is 119 g/mol. The Balaban J connectivity index is 2.56. The third-order valence-corrected chi connectivity index (χ3v) is 0.820. The summed E-state index contributed by atoms with van der Waals surface area (Å²) in [5, 5.41) is 6.41. The molecule has 0 aromatic carbocycles. The minimum atomic E-state index is 0.618. The highest BCUT2D eigenvalue weighted by molar-refractivity contribution is 7.80. The Morgan fingerprint density at radius 2 is 2.43 bits per heavy atom. The molecule has 0 aliphatic carbocycles. The van der Waals surface area contributed by atoms with Crippen molar-refractivity contribution in [1.82, 2.24) is 0 Å². The lowest BCUT2D eigenvalue weighted by Gasteiger charge is -1.92. The molecule has 42 valence electrons. The number of hydrogen-bond donors (Lipinski definition) is 2. The predicted molar refractivity (Wildman–Crippen MR) is 33.2 cm³/mol. The molecule has 7 heavy (non-hydrogen) atoms. The zero-order valence-corrected chi connectivity index (χ0v) is 4.95. The van der Waals surface area contributed by atoms with E-state index < -0.39 is 0 Å². The molecule has 0 radical (unpaired) electrons. The molecule has 0 heterocycles. The normalized spacial score (nSPS) is 8.14. The zero-order valence-electron chi connectivity index (χ0n) is 4.05. The molecule has 3 heteroatoms. The van der Waals surface area contributed by atoms with Crippen molar-refractivity contribution in [2.75, 3.05) is 12.4 Å². The van der Waals surface area contributed by atoms with E-state index in [1.807, 2.05) is 0 Å². The summed E-state index contributed by atoms with van der Waals surface area (Å²) in [7, 11) is 0. The van der Waals surface area contributed by atoms with Crippen LogP contribution in [-0.4, -0.2) is 18.8 Å². The minimum Gasteiger partial charge on any atom is -0.484 e. The Kier molecular flexibility index (Phi) is 5.67. The number of ether oxygens (including phenoxy) is 1. The molecule has 0 unspecified atom stereocenters. The summed E-state index contributed by atoms with van der Waals surface area (Å²) in [4.78, 5) is 0. The Labute approximate surface area is 48.8 Å². The van der Waals surface area contributed by atoms with Gasteiger partial charge in [-0.05, 0) is 12.2 Å². The fourth-order valence-corrected chi connectivity index (χ4v) is 0.336. The maximum absolute atomic E-state index is 6.41. The van der Waals surface area contributed by atoms with Gasteiger partial charge in [-0.15, -0.1) is 0 Å². The summed E-state index contributed by atoms with van der Waals surface area (Å²) < 4.78 is 4.57. The monoisotopic (exact) mass is 119 g/mol. The van der Waals surface area contributed by atoms with Crippen molar-refractivity contribution in [3.63, 3.8) is 0 Å². The summed E-state index contributed by atoms with van der Waals surface area (Å²) >= 11 is 3.94. The topological polar surface area (TPSA) is 33.1 Å². The molecule has 0 atom stereocenters. The van der Waals surface area contributed by atoms with Gasteiger partial charge in [-0.2, -0.15) is 12.6 Å². The van der Waals surface area contributed by atoms with Crippen LogP contribution >= 0.6 is 12.6 Å². The van der Waals surface area contributed by atoms with Gasteiger partial charge in [0.15, 0.2) is 6.40 Å². The van der Waals surface area contributed by atoms with Crippen LogP contribution < -0.4 is 0 Å². The van der Waals surface area contributed by atoms with Crippen LogP contribution in [0.3, 0.4) is 0 Å². The van der Waals surface area contributed by atoms with E-state index in [9.17, 15) is 0 Å². The largest absolute Gasteiger partial charge is 0.484 e. The summed E-state index contributed by atoms with van der Waals surface area (Å²) in [6.07, 6.45) is 1.86. The first-order chi connectivity index (χ1) is 3.41. The summed E-state index contributed by atoms with van der Waals surface area (Å²) in [5.74, 6) is 0.827. The first kappa shape index (κ1) is 6.82. The van der Waals surface area contributed by atoms with Gasteiger partial charge in [-0.25, -0.2) is 0 Å². The number of hydrogen-bond acceptors (Lipinski definition) is 3. The van der Waals surface area contributed by atoms with Crippen LogP contribution in [0, 0.1) is 5.41 Å². The molecule has 0 aliphatic rings. The van der Waals surface area contributed by atoms with Crippen molar-refractivity contribution >= 4 is 19.0 Å². The Hall–Kier alpha value is -0.180. The summed E-state index contributed by atoms with van der Waals surface area (Å²) in [6.45, 7) is 0.618. The second-order valence-corrected chi connectivity index (χ2v) is 1.51. The van der Waals surface area contributed by atoms with Gasteiger partial charge in [0.25, 0.3) is 0 Å². The third kappa shape index (κ3) is 5.82. The smallest absolute Gasteiger partial charge is 0.166 e. The van der Waals surface area contributed by atoms with E-state index >= 15 is 0 Å². The van der Waals surface area contributed by atoms with Crippen LogP contribution in [0.5, 0.6) is 0 Å². The van der Waals surface area contributed by atoms with E-state index in [2.05, 4.69) is 17.4 Å². The molecule has 2 nitrogen and oxygen atoms in total. The van der Waals surface area contributed by atoms with Crippen LogP contribution in [0.2, 0.25) is 0 Å².